The van der Waals surface area contributed by atoms with Crippen LogP contribution in [0, 0.1) is 0 Å². The van der Waals surface area contributed by atoms with Crippen LogP contribution >= 0.6 is 22.9 Å². The number of aliphatic carboxylic acids is 1. The molecule has 1 aromatic carbocycles. The fourth-order valence-corrected chi connectivity index (χ4v) is 4.98. The lowest BCUT2D eigenvalue weighted by atomic mass is 10.1. The monoisotopic (exact) mass is 544 g/mol. The molecule has 4 rings (SSSR count). The van der Waals surface area contributed by atoms with E-state index in [0.29, 0.717) is 33.6 Å². The van der Waals surface area contributed by atoms with E-state index in [1.807, 2.05) is 13.8 Å². The largest absolute Gasteiger partial charge is 0.481 e. The Morgan fingerprint density at radius 1 is 1.08 bits per heavy atom. The third-order valence-corrected chi connectivity index (χ3v) is 6.92. The van der Waals surface area contributed by atoms with Crippen molar-refractivity contribution in [1.29, 1.82) is 0 Å². The molecule has 1 aliphatic rings. The second-order valence-electron chi connectivity index (χ2n) is 8.11. The number of thiophene rings is 1. The summed E-state index contributed by atoms with van der Waals surface area (Å²) in [5.41, 5.74) is 1.04. The van der Waals surface area contributed by atoms with Crippen LogP contribution in [0.1, 0.15) is 36.4 Å². The quantitative estimate of drug-likeness (QED) is 0.396. The van der Waals surface area contributed by atoms with Crippen LogP contribution in [0.3, 0.4) is 0 Å². The zero-order valence-corrected chi connectivity index (χ0v) is 22.1. The Labute approximate surface area is 223 Å². The lowest BCUT2D eigenvalue weighted by Gasteiger charge is -2.22. The predicted octanol–water partition coefficient (Wildman–Crippen LogP) is 3.86. The molecule has 3 N–H and O–H groups in total. The van der Waals surface area contributed by atoms with Gasteiger partial charge in [0.25, 0.3) is 11.5 Å². The number of hydrogen-bond acceptors (Lipinski definition) is 6. The summed E-state index contributed by atoms with van der Waals surface area (Å²) in [4.78, 5) is 51.0. The average molecular weight is 545 g/mol. The van der Waals surface area contributed by atoms with Gasteiger partial charge in [0.1, 0.15) is 0 Å². The lowest BCUT2D eigenvalue weighted by Crippen LogP contribution is -2.40. The third kappa shape index (κ3) is 7.51. The number of likely N-dealkylation sites (tertiary alicyclic amines) is 1. The Hall–Kier alpha value is -3.47. The highest BCUT2D eigenvalue weighted by atomic mass is 35.5. The number of pyridine rings is 1. The van der Waals surface area contributed by atoms with Crippen LogP contribution < -0.4 is 16.2 Å². The number of halogens is 1. The van der Waals surface area contributed by atoms with Crippen LogP contribution in [0.15, 0.2) is 65.6 Å². The maximum absolute atomic E-state index is 13.1. The molecule has 1 fully saturated rings. The van der Waals surface area contributed by atoms with E-state index in [1.54, 1.807) is 59.6 Å². The third-order valence-electron chi connectivity index (χ3n) is 5.69. The van der Waals surface area contributed by atoms with Crippen molar-refractivity contribution >= 4 is 46.4 Å². The molecule has 1 saturated heterocycles. The van der Waals surface area contributed by atoms with Crippen LogP contribution in [-0.4, -0.2) is 57.5 Å². The van der Waals surface area contributed by atoms with E-state index in [4.69, 9.17) is 16.7 Å². The summed E-state index contributed by atoms with van der Waals surface area (Å²) in [5, 5.41) is 14.9. The molecule has 0 aliphatic carbocycles. The highest BCUT2D eigenvalue weighted by Crippen LogP contribution is 2.24. The molecule has 0 radical (unpaired) electrons. The fourth-order valence-electron chi connectivity index (χ4n) is 4.03. The van der Waals surface area contributed by atoms with Crippen molar-refractivity contribution in [2.24, 2.45) is 0 Å². The van der Waals surface area contributed by atoms with E-state index < -0.39 is 12.0 Å². The molecule has 0 spiro atoms. The van der Waals surface area contributed by atoms with Crippen LogP contribution in [0.5, 0.6) is 0 Å². The van der Waals surface area contributed by atoms with Gasteiger partial charge in [-0.15, -0.1) is 11.3 Å². The van der Waals surface area contributed by atoms with E-state index in [0.717, 1.165) is 11.3 Å². The van der Waals surface area contributed by atoms with E-state index in [2.05, 4.69) is 10.6 Å². The number of nitrogens with one attached hydrogen (secondary N) is 2. The minimum absolute atomic E-state index is 0.120. The Balaban J connectivity index is 0.00000186. The topological polar surface area (TPSA) is 121 Å². The molecule has 2 atom stereocenters. The fraction of sp³-hybridized carbons (Fsp3) is 0.308. The van der Waals surface area contributed by atoms with Gasteiger partial charge < -0.3 is 15.7 Å². The average Bonchev–Trinajstić information content (AvgIpc) is 3.51. The van der Waals surface area contributed by atoms with Crippen LogP contribution in [0.25, 0.3) is 5.69 Å². The van der Waals surface area contributed by atoms with Crippen molar-refractivity contribution in [3.05, 3.63) is 80.4 Å². The minimum Gasteiger partial charge on any atom is -0.481 e. The van der Waals surface area contributed by atoms with Crippen molar-refractivity contribution < 1.29 is 19.5 Å². The van der Waals surface area contributed by atoms with Crippen molar-refractivity contribution in [2.75, 3.05) is 18.4 Å². The summed E-state index contributed by atoms with van der Waals surface area (Å²) in [7, 11) is 0. The molecule has 3 aromatic rings. The summed E-state index contributed by atoms with van der Waals surface area (Å²) < 4.78 is 2.00. The van der Waals surface area contributed by atoms with Gasteiger partial charge >= 0.3 is 5.97 Å². The molecular weight excluding hydrogens is 516 g/mol. The number of carboxylic acids is 1. The number of anilines is 1. The number of rotatable bonds is 8. The predicted molar refractivity (Wildman–Crippen MR) is 145 cm³/mol. The van der Waals surface area contributed by atoms with Crippen molar-refractivity contribution in [3.8, 4) is 5.69 Å². The van der Waals surface area contributed by atoms with Gasteiger partial charge in [0.15, 0.2) is 0 Å². The molecule has 2 unspecified atom stereocenters. The number of nitrogens with zero attached hydrogens (tertiary/aromatic N) is 2. The number of carbonyl (C=O) groups excluding carboxylic acids is 2. The number of benzene rings is 1. The highest BCUT2D eigenvalue weighted by Gasteiger charge is 2.37. The molecule has 3 heterocycles. The minimum atomic E-state index is -0.961. The maximum atomic E-state index is 13.1. The molecule has 2 aromatic heterocycles. The maximum Gasteiger partial charge on any atom is 0.304 e. The van der Waals surface area contributed by atoms with Gasteiger partial charge in [-0.25, -0.2) is 0 Å². The van der Waals surface area contributed by atoms with E-state index in [9.17, 15) is 19.2 Å². The van der Waals surface area contributed by atoms with Crippen LogP contribution in [0.4, 0.5) is 5.69 Å². The zero-order valence-electron chi connectivity index (χ0n) is 20.5. The van der Waals surface area contributed by atoms with Gasteiger partial charge in [-0.1, -0.05) is 31.5 Å². The Morgan fingerprint density at radius 2 is 1.81 bits per heavy atom. The second-order valence-corrected chi connectivity index (χ2v) is 9.82. The smallest absolute Gasteiger partial charge is 0.304 e. The first kappa shape index (κ1) is 28.1. The van der Waals surface area contributed by atoms with Gasteiger partial charge in [-0.2, -0.15) is 0 Å². The number of aromatic nitrogens is 1. The first-order valence-corrected chi connectivity index (χ1v) is 13.1. The first-order chi connectivity index (χ1) is 17.8. The van der Waals surface area contributed by atoms with Gasteiger partial charge in [0, 0.05) is 42.8 Å². The Kier molecular flexibility index (Phi) is 10.0. The second kappa shape index (κ2) is 13.2. The molecule has 37 heavy (non-hydrogen) atoms. The van der Waals surface area contributed by atoms with Gasteiger partial charge in [0.05, 0.1) is 21.7 Å². The Morgan fingerprint density at radius 3 is 2.43 bits per heavy atom. The van der Waals surface area contributed by atoms with E-state index in [-0.39, 0.29) is 36.4 Å². The van der Waals surface area contributed by atoms with Gasteiger partial charge in [-0.3, -0.25) is 28.6 Å². The van der Waals surface area contributed by atoms with E-state index in [1.165, 1.54) is 10.6 Å². The molecule has 11 heteroatoms. The number of amides is 2. The van der Waals surface area contributed by atoms with Crippen molar-refractivity contribution in [2.45, 2.75) is 38.8 Å². The van der Waals surface area contributed by atoms with Gasteiger partial charge in [-0.05, 0) is 48.9 Å². The standard InChI is InChI=1S/C24H23ClN4O5S.C2H6/c25-20-9-8-19(35-20)24(34)27-16-13-18(28(14-16)12-10-22(31)32)23(33)26-15-4-6-17(7-5-15)29-11-2-1-3-21(29)30;1-2/h1-9,11,16,18H,10,12-14H2,(H,26,33)(H,27,34)(H,31,32);1-2H3. The van der Waals surface area contributed by atoms with Crippen molar-refractivity contribution in [3.63, 3.8) is 0 Å². The molecular formula is C26H29ClN4O5S. The van der Waals surface area contributed by atoms with Crippen molar-refractivity contribution in [1.82, 2.24) is 14.8 Å². The number of hydrogen-bond donors (Lipinski definition) is 3. The molecule has 0 bridgehead atoms. The summed E-state index contributed by atoms with van der Waals surface area (Å²) in [5.74, 6) is -1.54. The highest BCUT2D eigenvalue weighted by molar-refractivity contribution is 7.18. The summed E-state index contributed by atoms with van der Waals surface area (Å²) in [6.07, 6.45) is 1.88. The Bertz CT molecular complexity index is 1290. The zero-order chi connectivity index (χ0) is 26.9. The molecule has 1 aliphatic heterocycles. The van der Waals surface area contributed by atoms with Gasteiger partial charge in [0.2, 0.25) is 5.91 Å². The number of carbonyl (C=O) groups is 3. The molecule has 0 saturated carbocycles. The van der Waals surface area contributed by atoms with E-state index >= 15 is 0 Å². The summed E-state index contributed by atoms with van der Waals surface area (Å²) >= 11 is 7.08. The SMILES string of the molecule is CC.O=C(O)CCN1CC(NC(=O)c2ccc(Cl)s2)CC1C(=O)Nc1ccc(-n2ccccc2=O)cc1. The normalized spacial score (nSPS) is 16.9. The lowest BCUT2D eigenvalue weighted by molar-refractivity contribution is -0.137. The number of carboxylic acid groups (broad SMARTS) is 1. The molecule has 2 amide bonds. The first-order valence-electron chi connectivity index (χ1n) is 11.9. The summed E-state index contributed by atoms with van der Waals surface area (Å²) in [6, 6.07) is 14.1. The van der Waals surface area contributed by atoms with Crippen LogP contribution in [0.2, 0.25) is 4.34 Å². The molecule has 9 nitrogen and oxygen atoms in total. The van der Waals surface area contributed by atoms with Crippen LogP contribution in [-0.2, 0) is 9.59 Å². The summed E-state index contributed by atoms with van der Waals surface area (Å²) in [6.45, 7) is 4.53. The molecule has 196 valence electrons.